The van der Waals surface area contributed by atoms with Crippen molar-refractivity contribution in [3.8, 4) is 0 Å². The maximum absolute atomic E-state index is 12.5. The van der Waals surface area contributed by atoms with Crippen molar-refractivity contribution in [3.05, 3.63) is 52.0 Å². The van der Waals surface area contributed by atoms with Gasteiger partial charge in [0.2, 0.25) is 5.91 Å². The highest BCUT2D eigenvalue weighted by atomic mass is 35.5. The summed E-state index contributed by atoms with van der Waals surface area (Å²) >= 11 is 1.70. The van der Waals surface area contributed by atoms with Gasteiger partial charge >= 0.3 is 0 Å². The molecule has 0 bridgehead atoms. The van der Waals surface area contributed by atoms with Gasteiger partial charge in [-0.2, -0.15) is 0 Å². The summed E-state index contributed by atoms with van der Waals surface area (Å²) in [4.78, 5) is 19.0. The highest BCUT2D eigenvalue weighted by Gasteiger charge is 2.31. The number of aromatic nitrogens is 1. The number of amides is 1. The molecule has 4 nitrogen and oxygen atoms in total. The summed E-state index contributed by atoms with van der Waals surface area (Å²) in [6.45, 7) is 6.49. The van der Waals surface area contributed by atoms with Crippen LogP contribution in [0, 0.1) is 0 Å². The van der Waals surface area contributed by atoms with Crippen molar-refractivity contribution in [1.82, 2.24) is 15.2 Å². The molecule has 2 aromatic rings. The van der Waals surface area contributed by atoms with Crippen LogP contribution in [-0.4, -0.2) is 28.4 Å². The predicted molar refractivity (Wildman–Crippen MR) is 101 cm³/mol. The van der Waals surface area contributed by atoms with Crippen LogP contribution in [-0.2, 0) is 17.9 Å². The molecule has 1 fully saturated rings. The molecule has 1 amide bonds. The smallest absolute Gasteiger partial charge is 0.240 e. The van der Waals surface area contributed by atoms with Crippen LogP contribution in [0.3, 0.4) is 0 Å². The highest BCUT2D eigenvalue weighted by molar-refractivity contribution is 7.09. The van der Waals surface area contributed by atoms with Crippen molar-refractivity contribution in [3.63, 3.8) is 0 Å². The number of carbonyl (C=O) groups is 1. The Morgan fingerprint density at radius 1 is 1.33 bits per heavy atom. The monoisotopic (exact) mass is 365 g/mol. The van der Waals surface area contributed by atoms with E-state index < -0.39 is 0 Å². The van der Waals surface area contributed by atoms with Gasteiger partial charge in [0.05, 0.1) is 16.7 Å². The minimum Gasteiger partial charge on any atom is -0.337 e. The Morgan fingerprint density at radius 2 is 2.08 bits per heavy atom. The minimum atomic E-state index is -0.0806. The number of nitrogens with one attached hydrogen (secondary N) is 1. The molecular weight excluding hydrogens is 342 g/mol. The molecule has 130 valence electrons. The topological polar surface area (TPSA) is 45.2 Å². The lowest BCUT2D eigenvalue weighted by atomic mass is 10.2. The molecule has 1 saturated heterocycles. The van der Waals surface area contributed by atoms with Gasteiger partial charge in [-0.25, -0.2) is 4.98 Å². The minimum absolute atomic E-state index is 0. The Morgan fingerprint density at radius 3 is 2.75 bits per heavy atom. The highest BCUT2D eigenvalue weighted by Crippen LogP contribution is 2.20. The number of thiazole rings is 1. The van der Waals surface area contributed by atoms with E-state index >= 15 is 0 Å². The number of likely N-dealkylation sites (tertiary alicyclic amines) is 1. The lowest BCUT2D eigenvalue weighted by Gasteiger charge is -2.17. The Labute approximate surface area is 153 Å². The average Bonchev–Trinajstić information content (AvgIpc) is 3.15. The largest absolute Gasteiger partial charge is 0.337 e. The number of benzene rings is 1. The van der Waals surface area contributed by atoms with Gasteiger partial charge in [-0.05, 0) is 12.0 Å². The van der Waals surface area contributed by atoms with Crippen LogP contribution in [0.5, 0.6) is 0 Å². The number of rotatable bonds is 6. The molecule has 1 aliphatic rings. The van der Waals surface area contributed by atoms with Crippen molar-refractivity contribution in [2.24, 2.45) is 0 Å². The van der Waals surface area contributed by atoms with Crippen molar-refractivity contribution in [2.45, 2.75) is 45.3 Å². The molecule has 1 aromatic carbocycles. The third-order valence-electron chi connectivity index (χ3n) is 4.11. The van der Waals surface area contributed by atoms with Gasteiger partial charge in [-0.1, -0.05) is 44.2 Å². The van der Waals surface area contributed by atoms with Crippen LogP contribution in [0.2, 0.25) is 0 Å². The molecule has 1 N–H and O–H groups in total. The van der Waals surface area contributed by atoms with E-state index in [0.29, 0.717) is 19.0 Å². The summed E-state index contributed by atoms with van der Waals surface area (Å²) in [5.74, 6) is 0.663. The zero-order valence-electron chi connectivity index (χ0n) is 14.1. The van der Waals surface area contributed by atoms with Gasteiger partial charge in [-0.15, -0.1) is 23.7 Å². The lowest BCUT2D eigenvalue weighted by molar-refractivity contribution is -0.129. The summed E-state index contributed by atoms with van der Waals surface area (Å²) in [6.07, 6.45) is 0.868. The van der Waals surface area contributed by atoms with E-state index in [4.69, 9.17) is 0 Å². The van der Waals surface area contributed by atoms with Crippen molar-refractivity contribution in [1.29, 1.82) is 0 Å². The van der Waals surface area contributed by atoms with E-state index in [1.54, 1.807) is 11.3 Å². The maximum Gasteiger partial charge on any atom is 0.240 e. The molecule has 1 atom stereocenters. The van der Waals surface area contributed by atoms with Crippen LogP contribution in [0.15, 0.2) is 35.7 Å². The predicted octanol–water partition coefficient (Wildman–Crippen LogP) is 3.58. The van der Waals surface area contributed by atoms with Gasteiger partial charge < -0.3 is 10.2 Å². The second-order valence-corrected chi connectivity index (χ2v) is 7.19. The number of hydrogen-bond donors (Lipinski definition) is 1. The molecule has 0 spiro atoms. The summed E-state index contributed by atoms with van der Waals surface area (Å²) in [5, 5.41) is 6.61. The first kappa shape index (κ1) is 18.9. The van der Waals surface area contributed by atoms with Gasteiger partial charge in [-0.3, -0.25) is 4.79 Å². The van der Waals surface area contributed by atoms with Crippen LogP contribution in [0.1, 0.15) is 42.5 Å². The molecule has 3 rings (SSSR count). The fourth-order valence-corrected chi connectivity index (χ4v) is 3.62. The van der Waals surface area contributed by atoms with Crippen molar-refractivity contribution in [2.75, 3.05) is 6.54 Å². The normalized spacial score (nSPS) is 17.4. The fourth-order valence-electron chi connectivity index (χ4n) is 2.79. The first-order chi connectivity index (χ1) is 11.1. The van der Waals surface area contributed by atoms with Crippen LogP contribution >= 0.6 is 23.7 Å². The maximum atomic E-state index is 12.5. The summed E-state index contributed by atoms with van der Waals surface area (Å²) in [6, 6.07) is 10.1. The van der Waals surface area contributed by atoms with Gasteiger partial charge in [0.1, 0.15) is 0 Å². The first-order valence-electron chi connectivity index (χ1n) is 8.14. The van der Waals surface area contributed by atoms with E-state index in [-0.39, 0.29) is 24.4 Å². The third-order valence-corrected chi connectivity index (χ3v) is 5.30. The molecule has 0 aliphatic carbocycles. The standard InChI is InChI=1S/C18H23N3OS.ClH/c1-13(2)17-20-15(12-23-17)10-19-16-8-9-21(18(16)22)11-14-6-4-3-5-7-14;/h3-7,12-13,16,19H,8-11H2,1-2H3;1H. The molecule has 1 unspecified atom stereocenters. The van der Waals surface area contributed by atoms with E-state index in [2.05, 4.69) is 41.7 Å². The zero-order chi connectivity index (χ0) is 16.2. The van der Waals surface area contributed by atoms with Gasteiger partial charge in [0.25, 0.3) is 0 Å². The number of nitrogens with zero attached hydrogens (tertiary/aromatic N) is 2. The number of carbonyl (C=O) groups excluding carboxylic acids is 1. The number of halogens is 1. The molecule has 2 heterocycles. The molecule has 6 heteroatoms. The fraction of sp³-hybridized carbons (Fsp3) is 0.444. The van der Waals surface area contributed by atoms with Gasteiger partial charge in [0.15, 0.2) is 0 Å². The van der Waals surface area contributed by atoms with Crippen molar-refractivity contribution >= 4 is 29.7 Å². The molecular formula is C18H24ClN3OS. The third kappa shape index (κ3) is 4.56. The first-order valence-corrected chi connectivity index (χ1v) is 9.02. The number of hydrogen-bond acceptors (Lipinski definition) is 4. The van der Waals surface area contributed by atoms with E-state index in [0.717, 1.165) is 23.7 Å². The zero-order valence-corrected chi connectivity index (χ0v) is 15.7. The molecule has 1 aliphatic heterocycles. The summed E-state index contributed by atoms with van der Waals surface area (Å²) in [5.41, 5.74) is 2.22. The van der Waals surface area contributed by atoms with Crippen LogP contribution < -0.4 is 5.32 Å². The van der Waals surface area contributed by atoms with E-state index in [9.17, 15) is 4.79 Å². The SMILES string of the molecule is CC(C)c1nc(CNC2CCN(Cc3ccccc3)C2=O)cs1.Cl. The molecule has 1 aromatic heterocycles. The molecule has 24 heavy (non-hydrogen) atoms. The van der Waals surface area contributed by atoms with Crippen LogP contribution in [0.4, 0.5) is 0 Å². The summed E-state index contributed by atoms with van der Waals surface area (Å²) in [7, 11) is 0. The molecule has 0 radical (unpaired) electrons. The molecule has 0 saturated carbocycles. The average molecular weight is 366 g/mol. The van der Waals surface area contributed by atoms with Crippen LogP contribution in [0.25, 0.3) is 0 Å². The Balaban J connectivity index is 0.00000208. The van der Waals surface area contributed by atoms with Gasteiger partial charge in [0, 0.05) is 30.9 Å². The lowest BCUT2D eigenvalue weighted by Crippen LogP contribution is -2.37. The Hall–Kier alpha value is -1.43. The van der Waals surface area contributed by atoms with E-state index in [1.807, 2.05) is 23.1 Å². The van der Waals surface area contributed by atoms with E-state index in [1.165, 1.54) is 5.56 Å². The Kier molecular flexibility index (Phi) is 6.78. The Bertz CT molecular complexity index is 659. The quantitative estimate of drug-likeness (QED) is 0.851. The second-order valence-electron chi connectivity index (χ2n) is 6.30. The van der Waals surface area contributed by atoms with Crippen molar-refractivity contribution < 1.29 is 4.79 Å². The second kappa shape index (κ2) is 8.60. The summed E-state index contributed by atoms with van der Waals surface area (Å²) < 4.78 is 0.